The van der Waals surface area contributed by atoms with Crippen molar-refractivity contribution in [3.8, 4) is 5.75 Å². The highest BCUT2D eigenvalue weighted by Gasteiger charge is 2.12. The van der Waals surface area contributed by atoms with Crippen LogP contribution in [0.25, 0.3) is 0 Å². The molecule has 0 saturated carbocycles. The fourth-order valence-electron chi connectivity index (χ4n) is 1.65. The minimum Gasteiger partial charge on any atom is -0.488 e. The van der Waals surface area contributed by atoms with Crippen molar-refractivity contribution in [2.75, 3.05) is 0 Å². The first kappa shape index (κ1) is 13.0. The molecule has 2 aromatic rings. The van der Waals surface area contributed by atoms with Gasteiger partial charge in [0.15, 0.2) is 0 Å². The van der Waals surface area contributed by atoms with Crippen LogP contribution in [-0.2, 0) is 6.61 Å². The van der Waals surface area contributed by atoms with Crippen molar-refractivity contribution in [1.29, 1.82) is 0 Å². The van der Waals surface area contributed by atoms with Crippen molar-refractivity contribution in [3.63, 3.8) is 0 Å². The van der Waals surface area contributed by atoms with E-state index >= 15 is 0 Å². The van der Waals surface area contributed by atoms with Gasteiger partial charge in [0.25, 0.3) is 0 Å². The van der Waals surface area contributed by atoms with E-state index in [2.05, 4.69) is 4.98 Å². The number of aromatic carboxylic acids is 1. The van der Waals surface area contributed by atoms with Crippen LogP contribution >= 0.6 is 0 Å². The molecule has 0 fully saturated rings. The van der Waals surface area contributed by atoms with Crippen LogP contribution in [0, 0.1) is 12.7 Å². The van der Waals surface area contributed by atoms with Gasteiger partial charge in [-0.3, -0.25) is 4.98 Å². The molecule has 0 spiro atoms. The molecule has 0 radical (unpaired) electrons. The maximum Gasteiger partial charge on any atom is 0.339 e. The molecule has 5 heteroatoms. The molecule has 1 aromatic heterocycles. The third-order valence-corrected chi connectivity index (χ3v) is 2.50. The number of halogens is 1. The number of rotatable bonds is 4. The molecule has 19 heavy (non-hydrogen) atoms. The van der Waals surface area contributed by atoms with E-state index in [-0.39, 0.29) is 17.9 Å². The summed E-state index contributed by atoms with van der Waals surface area (Å²) >= 11 is 0. The summed E-state index contributed by atoms with van der Waals surface area (Å²) in [6.07, 6.45) is 3.32. The van der Waals surface area contributed by atoms with Gasteiger partial charge in [-0.1, -0.05) is 0 Å². The molecule has 0 aliphatic heterocycles. The van der Waals surface area contributed by atoms with E-state index in [1.807, 2.05) is 13.0 Å². The Morgan fingerprint density at radius 1 is 1.37 bits per heavy atom. The standard InChI is InChI=1S/C14H12FNO3/c1-9-4-10(7-16-6-9)8-19-13-5-11(15)2-3-12(13)14(17)18/h2-7H,8H2,1H3,(H,17,18). The Labute approximate surface area is 109 Å². The van der Waals surface area contributed by atoms with E-state index in [4.69, 9.17) is 9.84 Å². The summed E-state index contributed by atoms with van der Waals surface area (Å²) in [6.45, 7) is 2.03. The average Bonchev–Trinajstić information content (AvgIpc) is 2.36. The molecule has 0 unspecified atom stereocenters. The molecule has 0 amide bonds. The molecular weight excluding hydrogens is 249 g/mol. The molecular formula is C14H12FNO3. The SMILES string of the molecule is Cc1cncc(COc2cc(F)ccc2C(=O)O)c1. The lowest BCUT2D eigenvalue weighted by Crippen LogP contribution is -2.04. The second-order valence-electron chi connectivity index (χ2n) is 4.10. The van der Waals surface area contributed by atoms with Gasteiger partial charge >= 0.3 is 5.97 Å². The third-order valence-electron chi connectivity index (χ3n) is 2.50. The minimum absolute atomic E-state index is 0.00834. The Bertz CT molecular complexity index is 613. The highest BCUT2D eigenvalue weighted by molar-refractivity contribution is 5.90. The first-order valence-electron chi connectivity index (χ1n) is 5.62. The highest BCUT2D eigenvalue weighted by atomic mass is 19.1. The number of hydrogen-bond donors (Lipinski definition) is 1. The normalized spacial score (nSPS) is 10.2. The van der Waals surface area contributed by atoms with Gasteiger partial charge in [-0.25, -0.2) is 9.18 Å². The monoisotopic (exact) mass is 261 g/mol. The van der Waals surface area contributed by atoms with Crippen molar-refractivity contribution in [2.24, 2.45) is 0 Å². The number of benzene rings is 1. The van der Waals surface area contributed by atoms with Crippen LogP contribution in [0.15, 0.2) is 36.7 Å². The zero-order valence-electron chi connectivity index (χ0n) is 10.3. The Morgan fingerprint density at radius 2 is 2.16 bits per heavy atom. The van der Waals surface area contributed by atoms with Gasteiger partial charge in [-0.15, -0.1) is 0 Å². The number of carbonyl (C=O) groups is 1. The van der Waals surface area contributed by atoms with E-state index in [1.54, 1.807) is 12.4 Å². The highest BCUT2D eigenvalue weighted by Crippen LogP contribution is 2.21. The number of ether oxygens (including phenoxy) is 1. The first-order chi connectivity index (χ1) is 9.06. The van der Waals surface area contributed by atoms with Crippen LogP contribution in [0.1, 0.15) is 21.5 Å². The van der Waals surface area contributed by atoms with Crippen LogP contribution < -0.4 is 4.74 Å². The fraction of sp³-hybridized carbons (Fsp3) is 0.143. The quantitative estimate of drug-likeness (QED) is 0.919. The van der Waals surface area contributed by atoms with Crippen molar-refractivity contribution in [3.05, 3.63) is 59.2 Å². The lowest BCUT2D eigenvalue weighted by Gasteiger charge is -2.09. The summed E-state index contributed by atoms with van der Waals surface area (Å²) < 4.78 is 18.5. The molecule has 0 saturated heterocycles. The molecule has 1 aromatic carbocycles. The van der Waals surface area contributed by atoms with Crippen molar-refractivity contribution < 1.29 is 19.0 Å². The summed E-state index contributed by atoms with van der Waals surface area (Å²) in [7, 11) is 0. The van der Waals surface area contributed by atoms with Crippen LogP contribution in [0.5, 0.6) is 5.75 Å². The van der Waals surface area contributed by atoms with Gasteiger partial charge in [0, 0.05) is 24.0 Å². The van der Waals surface area contributed by atoms with Gasteiger partial charge in [-0.05, 0) is 30.7 Å². The third kappa shape index (κ3) is 3.28. The van der Waals surface area contributed by atoms with Crippen molar-refractivity contribution in [2.45, 2.75) is 13.5 Å². The Hall–Kier alpha value is -2.43. The predicted octanol–water partition coefficient (Wildman–Crippen LogP) is 2.81. The summed E-state index contributed by atoms with van der Waals surface area (Å²) in [5, 5.41) is 8.98. The summed E-state index contributed by atoms with van der Waals surface area (Å²) in [5.41, 5.74) is 1.70. The molecule has 0 bridgehead atoms. The molecule has 0 aliphatic carbocycles. The van der Waals surface area contributed by atoms with E-state index in [0.29, 0.717) is 0 Å². The molecule has 0 aliphatic rings. The van der Waals surface area contributed by atoms with E-state index in [9.17, 15) is 9.18 Å². The molecule has 1 N–H and O–H groups in total. The summed E-state index contributed by atoms with van der Waals surface area (Å²) in [4.78, 5) is 15.0. The van der Waals surface area contributed by atoms with E-state index in [1.165, 1.54) is 6.07 Å². The van der Waals surface area contributed by atoms with Gasteiger partial charge < -0.3 is 9.84 Å². The second kappa shape index (κ2) is 5.48. The van der Waals surface area contributed by atoms with E-state index < -0.39 is 11.8 Å². The minimum atomic E-state index is -1.16. The number of carboxylic acids is 1. The van der Waals surface area contributed by atoms with Crippen molar-refractivity contribution in [1.82, 2.24) is 4.98 Å². The number of nitrogens with zero attached hydrogens (tertiary/aromatic N) is 1. The summed E-state index contributed by atoms with van der Waals surface area (Å²) in [5.74, 6) is -1.69. The van der Waals surface area contributed by atoms with Gasteiger partial charge in [0.2, 0.25) is 0 Å². The number of aromatic nitrogens is 1. The number of pyridine rings is 1. The Kier molecular flexibility index (Phi) is 3.75. The average molecular weight is 261 g/mol. The van der Waals surface area contributed by atoms with Crippen molar-refractivity contribution >= 4 is 5.97 Å². The number of carboxylic acid groups (broad SMARTS) is 1. The van der Waals surface area contributed by atoms with E-state index in [0.717, 1.165) is 23.3 Å². The predicted molar refractivity (Wildman–Crippen MR) is 66.7 cm³/mol. The molecule has 2 rings (SSSR count). The molecule has 98 valence electrons. The molecule has 4 nitrogen and oxygen atoms in total. The van der Waals surface area contributed by atoms with Crippen LogP contribution in [0.2, 0.25) is 0 Å². The summed E-state index contributed by atoms with van der Waals surface area (Å²) in [6, 6.07) is 5.20. The number of hydrogen-bond acceptors (Lipinski definition) is 3. The van der Waals surface area contributed by atoms with Gasteiger partial charge in [-0.2, -0.15) is 0 Å². The molecule has 0 atom stereocenters. The first-order valence-corrected chi connectivity index (χ1v) is 5.62. The van der Waals surface area contributed by atoms with Crippen LogP contribution in [0.3, 0.4) is 0 Å². The van der Waals surface area contributed by atoms with Crippen LogP contribution in [-0.4, -0.2) is 16.1 Å². The Balaban J connectivity index is 2.19. The maximum absolute atomic E-state index is 13.1. The smallest absolute Gasteiger partial charge is 0.339 e. The number of aryl methyl sites for hydroxylation is 1. The lowest BCUT2D eigenvalue weighted by molar-refractivity contribution is 0.0691. The van der Waals surface area contributed by atoms with Crippen LogP contribution in [0.4, 0.5) is 4.39 Å². The molecule has 1 heterocycles. The largest absolute Gasteiger partial charge is 0.488 e. The Morgan fingerprint density at radius 3 is 2.84 bits per heavy atom. The lowest BCUT2D eigenvalue weighted by atomic mass is 10.2. The van der Waals surface area contributed by atoms with Gasteiger partial charge in [0.05, 0.1) is 0 Å². The zero-order chi connectivity index (χ0) is 13.8. The topological polar surface area (TPSA) is 59.4 Å². The second-order valence-corrected chi connectivity index (χ2v) is 4.10. The maximum atomic E-state index is 13.1. The van der Waals surface area contributed by atoms with Gasteiger partial charge in [0.1, 0.15) is 23.7 Å². The zero-order valence-corrected chi connectivity index (χ0v) is 10.3. The fourth-order valence-corrected chi connectivity index (χ4v) is 1.65.